The number of aromatic carboxylic acids is 1. The van der Waals surface area contributed by atoms with E-state index in [9.17, 15) is 14.4 Å². The molecule has 0 aromatic carbocycles. The number of furan rings is 1. The van der Waals surface area contributed by atoms with Gasteiger partial charge in [-0.3, -0.25) is 9.59 Å². The summed E-state index contributed by atoms with van der Waals surface area (Å²) >= 11 is 0. The van der Waals surface area contributed by atoms with E-state index in [-0.39, 0.29) is 30.0 Å². The van der Waals surface area contributed by atoms with Crippen LogP contribution >= 0.6 is 0 Å². The van der Waals surface area contributed by atoms with Gasteiger partial charge in [0.25, 0.3) is 0 Å². The molecule has 1 heterocycles. The fourth-order valence-corrected chi connectivity index (χ4v) is 2.50. The van der Waals surface area contributed by atoms with E-state index in [0.717, 1.165) is 25.7 Å². The Morgan fingerprint density at radius 2 is 2.00 bits per heavy atom. The summed E-state index contributed by atoms with van der Waals surface area (Å²) in [5.41, 5.74) is 0. The van der Waals surface area contributed by atoms with E-state index in [2.05, 4.69) is 10.6 Å². The minimum Gasteiger partial charge on any atom is -0.475 e. The first-order valence-electron chi connectivity index (χ1n) is 7.37. The fourth-order valence-electron chi connectivity index (χ4n) is 2.50. The van der Waals surface area contributed by atoms with Crippen LogP contribution in [0, 0.1) is 5.92 Å². The molecule has 0 saturated heterocycles. The standard InChI is InChI=1S/C15H20N2O5/c1-9(17-14(19)10-4-2-3-5-10)13(18)16-8-11-6-7-12(22-11)15(20)21/h6-7,9-10H,2-5,8H2,1H3,(H,16,18)(H,17,19)(H,20,21). The maximum absolute atomic E-state index is 11.9. The summed E-state index contributed by atoms with van der Waals surface area (Å²) in [5.74, 6) is -1.38. The van der Waals surface area contributed by atoms with E-state index in [1.165, 1.54) is 12.1 Å². The summed E-state index contributed by atoms with van der Waals surface area (Å²) in [7, 11) is 0. The Morgan fingerprint density at radius 1 is 1.32 bits per heavy atom. The van der Waals surface area contributed by atoms with Crippen LogP contribution in [0.4, 0.5) is 0 Å². The van der Waals surface area contributed by atoms with E-state index < -0.39 is 12.0 Å². The Balaban J connectivity index is 1.78. The van der Waals surface area contributed by atoms with Crippen molar-refractivity contribution >= 4 is 17.8 Å². The lowest BCUT2D eigenvalue weighted by Gasteiger charge is -2.16. The molecule has 7 nitrogen and oxygen atoms in total. The maximum Gasteiger partial charge on any atom is 0.371 e. The van der Waals surface area contributed by atoms with Gasteiger partial charge in [-0.15, -0.1) is 0 Å². The molecule has 0 radical (unpaired) electrons. The average Bonchev–Trinajstić information content (AvgIpc) is 3.15. The van der Waals surface area contributed by atoms with Gasteiger partial charge in [0.1, 0.15) is 11.8 Å². The number of hydrogen-bond donors (Lipinski definition) is 3. The third-order valence-electron chi connectivity index (χ3n) is 3.79. The number of carbonyl (C=O) groups excluding carboxylic acids is 2. The third-order valence-corrected chi connectivity index (χ3v) is 3.79. The van der Waals surface area contributed by atoms with Gasteiger partial charge in [0, 0.05) is 5.92 Å². The van der Waals surface area contributed by atoms with Gasteiger partial charge in [-0.25, -0.2) is 4.79 Å². The van der Waals surface area contributed by atoms with Crippen LogP contribution in [0.2, 0.25) is 0 Å². The van der Waals surface area contributed by atoms with Crippen LogP contribution in [-0.2, 0) is 16.1 Å². The largest absolute Gasteiger partial charge is 0.475 e. The van der Waals surface area contributed by atoms with E-state index in [0.29, 0.717) is 5.76 Å². The molecule has 1 saturated carbocycles. The van der Waals surface area contributed by atoms with Crippen molar-refractivity contribution in [2.75, 3.05) is 0 Å². The van der Waals surface area contributed by atoms with Crippen LogP contribution in [0.5, 0.6) is 0 Å². The average molecular weight is 308 g/mol. The van der Waals surface area contributed by atoms with E-state index in [1.807, 2.05) is 0 Å². The first-order valence-corrected chi connectivity index (χ1v) is 7.37. The summed E-state index contributed by atoms with van der Waals surface area (Å²) in [5, 5.41) is 14.1. The third kappa shape index (κ3) is 4.09. The molecule has 1 aliphatic carbocycles. The van der Waals surface area contributed by atoms with Gasteiger partial charge < -0.3 is 20.2 Å². The second kappa shape index (κ2) is 7.11. The molecule has 2 rings (SSSR count). The quantitative estimate of drug-likeness (QED) is 0.733. The minimum atomic E-state index is -1.16. The number of amides is 2. The zero-order valence-corrected chi connectivity index (χ0v) is 12.4. The van der Waals surface area contributed by atoms with E-state index in [4.69, 9.17) is 9.52 Å². The van der Waals surface area contributed by atoms with Crippen molar-refractivity contribution in [2.45, 2.75) is 45.2 Å². The minimum absolute atomic E-state index is 0.0125. The molecule has 2 amide bonds. The van der Waals surface area contributed by atoms with Crippen molar-refractivity contribution in [3.63, 3.8) is 0 Å². The topological polar surface area (TPSA) is 109 Å². The highest BCUT2D eigenvalue weighted by atomic mass is 16.4. The van der Waals surface area contributed by atoms with Crippen molar-refractivity contribution in [3.05, 3.63) is 23.7 Å². The van der Waals surface area contributed by atoms with Gasteiger partial charge in [0.2, 0.25) is 17.6 Å². The molecule has 3 N–H and O–H groups in total. The van der Waals surface area contributed by atoms with Crippen LogP contribution < -0.4 is 10.6 Å². The van der Waals surface area contributed by atoms with Crippen molar-refractivity contribution in [1.29, 1.82) is 0 Å². The van der Waals surface area contributed by atoms with Crippen LogP contribution in [-0.4, -0.2) is 28.9 Å². The zero-order chi connectivity index (χ0) is 16.1. The van der Waals surface area contributed by atoms with Crippen molar-refractivity contribution in [2.24, 2.45) is 5.92 Å². The van der Waals surface area contributed by atoms with Crippen LogP contribution in [0.3, 0.4) is 0 Å². The second-order valence-electron chi connectivity index (χ2n) is 5.50. The van der Waals surface area contributed by atoms with E-state index >= 15 is 0 Å². The second-order valence-corrected chi connectivity index (χ2v) is 5.50. The van der Waals surface area contributed by atoms with E-state index in [1.54, 1.807) is 6.92 Å². The summed E-state index contributed by atoms with van der Waals surface area (Å²) in [6.07, 6.45) is 3.88. The lowest BCUT2D eigenvalue weighted by molar-refractivity contribution is -0.130. The zero-order valence-electron chi connectivity index (χ0n) is 12.4. The summed E-state index contributed by atoms with van der Waals surface area (Å²) in [4.78, 5) is 34.5. The molecular formula is C15H20N2O5. The van der Waals surface area contributed by atoms with Gasteiger partial charge in [0.15, 0.2) is 0 Å². The molecule has 1 aliphatic rings. The predicted octanol–water partition coefficient (Wildman–Crippen LogP) is 1.29. The molecule has 22 heavy (non-hydrogen) atoms. The summed E-state index contributed by atoms with van der Waals surface area (Å²) in [6, 6.07) is 2.18. The number of rotatable bonds is 6. The van der Waals surface area contributed by atoms with Crippen molar-refractivity contribution in [3.8, 4) is 0 Å². The van der Waals surface area contributed by atoms with Gasteiger partial charge in [0.05, 0.1) is 6.54 Å². The summed E-state index contributed by atoms with van der Waals surface area (Å²) in [6.45, 7) is 1.70. The van der Waals surface area contributed by atoms with Crippen LogP contribution in [0.15, 0.2) is 16.5 Å². The van der Waals surface area contributed by atoms with Gasteiger partial charge in [-0.2, -0.15) is 0 Å². The molecule has 1 fully saturated rings. The Morgan fingerprint density at radius 3 is 2.59 bits per heavy atom. The first kappa shape index (κ1) is 16.1. The monoisotopic (exact) mass is 308 g/mol. The highest BCUT2D eigenvalue weighted by molar-refractivity contribution is 5.88. The molecule has 0 spiro atoms. The van der Waals surface area contributed by atoms with Crippen LogP contribution in [0.1, 0.15) is 48.9 Å². The maximum atomic E-state index is 11.9. The van der Waals surface area contributed by atoms with Crippen LogP contribution in [0.25, 0.3) is 0 Å². The number of carboxylic acids is 1. The lowest BCUT2D eigenvalue weighted by Crippen LogP contribution is -2.46. The highest BCUT2D eigenvalue weighted by Crippen LogP contribution is 2.24. The highest BCUT2D eigenvalue weighted by Gasteiger charge is 2.25. The van der Waals surface area contributed by atoms with Crippen molar-refractivity contribution in [1.82, 2.24) is 10.6 Å². The van der Waals surface area contributed by atoms with Gasteiger partial charge in [-0.1, -0.05) is 12.8 Å². The summed E-state index contributed by atoms with van der Waals surface area (Å²) < 4.78 is 5.04. The normalized spacial score (nSPS) is 16.2. The molecule has 120 valence electrons. The number of carbonyl (C=O) groups is 3. The Bertz CT molecular complexity index is 560. The number of hydrogen-bond acceptors (Lipinski definition) is 4. The molecule has 1 aromatic heterocycles. The Labute approximate surface area is 128 Å². The molecule has 1 aromatic rings. The molecular weight excluding hydrogens is 288 g/mol. The molecule has 1 atom stereocenters. The van der Waals surface area contributed by atoms with Gasteiger partial charge in [-0.05, 0) is 31.9 Å². The lowest BCUT2D eigenvalue weighted by atomic mass is 10.1. The molecule has 0 bridgehead atoms. The Kier molecular flexibility index (Phi) is 5.19. The fraction of sp³-hybridized carbons (Fsp3) is 0.533. The molecule has 7 heteroatoms. The van der Waals surface area contributed by atoms with Crippen molar-refractivity contribution < 1.29 is 23.9 Å². The Hall–Kier alpha value is -2.31. The first-order chi connectivity index (χ1) is 10.5. The number of nitrogens with one attached hydrogen (secondary N) is 2. The smallest absolute Gasteiger partial charge is 0.371 e. The molecule has 0 aliphatic heterocycles. The number of carboxylic acid groups (broad SMARTS) is 1. The molecule has 1 unspecified atom stereocenters. The SMILES string of the molecule is CC(NC(=O)C1CCCC1)C(=O)NCc1ccc(C(=O)O)o1. The predicted molar refractivity (Wildman–Crippen MR) is 77.1 cm³/mol. The van der Waals surface area contributed by atoms with Gasteiger partial charge >= 0.3 is 5.97 Å².